The Kier molecular flexibility index (Phi) is 4.78. The highest BCUT2D eigenvalue weighted by Gasteiger charge is 2.24. The summed E-state index contributed by atoms with van der Waals surface area (Å²) in [6.07, 6.45) is 4.13. The van der Waals surface area contributed by atoms with Crippen molar-refractivity contribution >= 4 is 39.5 Å². The topological polar surface area (TPSA) is 20.3 Å². The number of nitrogens with zero attached hydrogens (tertiary/aromatic N) is 1. The van der Waals surface area contributed by atoms with Gasteiger partial charge in [-0.05, 0) is 51.9 Å². The van der Waals surface area contributed by atoms with E-state index in [2.05, 4.69) is 84.8 Å². The fraction of sp³-hybridized carbons (Fsp3) is 0.107. The average molecular weight is 389 g/mol. The van der Waals surface area contributed by atoms with Crippen LogP contribution in [-0.2, 0) is 4.79 Å². The van der Waals surface area contributed by atoms with Crippen LogP contribution in [0.3, 0.4) is 0 Å². The summed E-state index contributed by atoms with van der Waals surface area (Å²) in [7, 11) is 2.07. The fourth-order valence-electron chi connectivity index (χ4n) is 4.34. The molecule has 1 aliphatic heterocycles. The van der Waals surface area contributed by atoms with Gasteiger partial charge in [0.15, 0.2) is 5.78 Å². The van der Waals surface area contributed by atoms with E-state index >= 15 is 0 Å². The largest absolute Gasteiger partial charge is 0.298 e. The normalized spacial score (nSPS) is 18.0. The van der Waals surface area contributed by atoms with Gasteiger partial charge in [-0.3, -0.25) is 9.69 Å². The molecule has 146 valence electrons. The SMILES string of the molecule is CN1C/C(=C\c2cccc3ccccc23)C(=O)/C(=C/c2cccc3ccccc23)C1. The van der Waals surface area contributed by atoms with Crippen molar-refractivity contribution in [2.24, 2.45) is 0 Å². The third-order valence-electron chi connectivity index (χ3n) is 5.77. The minimum absolute atomic E-state index is 0.147. The Morgan fingerprint density at radius 2 is 1.07 bits per heavy atom. The number of carbonyl (C=O) groups excluding carboxylic acids is 1. The minimum Gasteiger partial charge on any atom is -0.298 e. The molecule has 30 heavy (non-hydrogen) atoms. The molecule has 4 aromatic carbocycles. The van der Waals surface area contributed by atoms with Crippen LogP contribution in [0.1, 0.15) is 11.1 Å². The van der Waals surface area contributed by atoms with Crippen molar-refractivity contribution in [1.82, 2.24) is 4.90 Å². The molecule has 0 spiro atoms. The molecule has 1 aliphatic rings. The van der Waals surface area contributed by atoms with E-state index in [0.717, 1.165) is 22.3 Å². The fourth-order valence-corrected chi connectivity index (χ4v) is 4.34. The summed E-state index contributed by atoms with van der Waals surface area (Å²) in [4.78, 5) is 15.6. The van der Waals surface area contributed by atoms with E-state index in [-0.39, 0.29) is 5.78 Å². The van der Waals surface area contributed by atoms with Gasteiger partial charge in [0.05, 0.1) is 0 Å². The predicted octanol–water partition coefficient (Wildman–Crippen LogP) is 5.97. The van der Waals surface area contributed by atoms with Crippen molar-refractivity contribution < 1.29 is 4.79 Å². The summed E-state index contributed by atoms with van der Waals surface area (Å²) in [6, 6.07) is 29.1. The average Bonchev–Trinajstić information content (AvgIpc) is 2.77. The number of rotatable bonds is 2. The first-order chi connectivity index (χ1) is 14.7. The van der Waals surface area contributed by atoms with E-state index in [0.29, 0.717) is 13.1 Å². The zero-order valence-electron chi connectivity index (χ0n) is 17.0. The highest BCUT2D eigenvalue weighted by atomic mass is 16.1. The third-order valence-corrected chi connectivity index (χ3v) is 5.77. The van der Waals surface area contributed by atoms with Gasteiger partial charge < -0.3 is 0 Å². The standard InChI is InChI=1S/C28H23NO/c1-29-18-24(16-22-12-6-10-20-8-2-4-14-26(20)22)28(30)25(19-29)17-23-13-7-11-21-9-3-5-15-27(21)23/h2-17H,18-19H2,1H3/b24-16+,25-17+. The molecule has 0 amide bonds. The molecular weight excluding hydrogens is 366 g/mol. The van der Waals surface area contributed by atoms with Crippen LogP contribution < -0.4 is 0 Å². The van der Waals surface area contributed by atoms with Gasteiger partial charge in [-0.25, -0.2) is 0 Å². The molecule has 0 unspecified atom stereocenters. The Labute approximate surface area is 176 Å². The van der Waals surface area contributed by atoms with Gasteiger partial charge in [0.2, 0.25) is 0 Å². The number of hydrogen-bond acceptors (Lipinski definition) is 2. The quantitative estimate of drug-likeness (QED) is 0.393. The van der Waals surface area contributed by atoms with E-state index < -0.39 is 0 Å². The number of likely N-dealkylation sites (tertiary alicyclic amines) is 1. The van der Waals surface area contributed by atoms with Crippen molar-refractivity contribution in [2.75, 3.05) is 20.1 Å². The summed E-state index contributed by atoms with van der Waals surface area (Å²) in [5, 5.41) is 4.73. The Bertz CT molecular complexity index is 1220. The highest BCUT2D eigenvalue weighted by Crippen LogP contribution is 2.27. The van der Waals surface area contributed by atoms with Crippen LogP contribution >= 0.6 is 0 Å². The van der Waals surface area contributed by atoms with E-state index in [1.54, 1.807) is 0 Å². The highest BCUT2D eigenvalue weighted by molar-refractivity contribution is 6.16. The maximum Gasteiger partial charge on any atom is 0.187 e. The first-order valence-electron chi connectivity index (χ1n) is 10.3. The van der Waals surface area contributed by atoms with E-state index in [9.17, 15) is 4.79 Å². The molecule has 0 bridgehead atoms. The van der Waals surface area contributed by atoms with Crippen LogP contribution in [0.4, 0.5) is 0 Å². The van der Waals surface area contributed by atoms with Crippen LogP contribution in [-0.4, -0.2) is 30.8 Å². The first kappa shape index (κ1) is 18.5. The number of likely N-dealkylation sites (N-methyl/N-ethyl adjacent to an activating group) is 1. The number of fused-ring (bicyclic) bond motifs is 2. The molecule has 0 atom stereocenters. The zero-order chi connectivity index (χ0) is 20.5. The monoisotopic (exact) mass is 389 g/mol. The number of carbonyl (C=O) groups is 1. The molecular formula is C28H23NO. The second kappa shape index (κ2) is 7.74. The Morgan fingerprint density at radius 1 is 0.633 bits per heavy atom. The van der Waals surface area contributed by atoms with Gasteiger partial charge in [-0.1, -0.05) is 84.9 Å². The molecule has 0 saturated carbocycles. The molecule has 2 nitrogen and oxygen atoms in total. The molecule has 0 aromatic heterocycles. The number of ketones is 1. The summed E-state index contributed by atoms with van der Waals surface area (Å²) >= 11 is 0. The van der Waals surface area contributed by atoms with Crippen LogP contribution in [0.25, 0.3) is 33.7 Å². The first-order valence-corrected chi connectivity index (χ1v) is 10.3. The van der Waals surface area contributed by atoms with Gasteiger partial charge in [-0.2, -0.15) is 0 Å². The summed E-state index contributed by atoms with van der Waals surface area (Å²) in [5.74, 6) is 0.147. The van der Waals surface area contributed by atoms with Crippen molar-refractivity contribution in [3.05, 3.63) is 107 Å². The summed E-state index contributed by atoms with van der Waals surface area (Å²) in [5.41, 5.74) is 3.87. The second-order valence-electron chi connectivity index (χ2n) is 7.98. The lowest BCUT2D eigenvalue weighted by molar-refractivity contribution is -0.113. The Morgan fingerprint density at radius 3 is 1.57 bits per heavy atom. The molecule has 1 fully saturated rings. The van der Waals surface area contributed by atoms with Crippen molar-refractivity contribution in [3.63, 3.8) is 0 Å². The van der Waals surface area contributed by atoms with Gasteiger partial charge in [0.1, 0.15) is 0 Å². The summed E-state index contributed by atoms with van der Waals surface area (Å²) < 4.78 is 0. The Hall–Kier alpha value is -3.49. The van der Waals surface area contributed by atoms with Crippen LogP contribution in [0.15, 0.2) is 96.1 Å². The van der Waals surface area contributed by atoms with Gasteiger partial charge in [0, 0.05) is 24.2 Å². The maximum atomic E-state index is 13.4. The van der Waals surface area contributed by atoms with Crippen LogP contribution in [0, 0.1) is 0 Å². The molecule has 1 heterocycles. The number of hydrogen-bond donors (Lipinski definition) is 0. The number of Topliss-reactive ketones (excluding diaryl/α,β-unsaturated/α-hetero) is 1. The smallest absolute Gasteiger partial charge is 0.187 e. The maximum absolute atomic E-state index is 13.4. The predicted molar refractivity (Wildman–Crippen MR) is 126 cm³/mol. The minimum atomic E-state index is 0.147. The van der Waals surface area contributed by atoms with Gasteiger partial charge in [0.25, 0.3) is 0 Å². The Balaban J connectivity index is 1.58. The number of piperidine rings is 1. The van der Waals surface area contributed by atoms with Gasteiger partial charge >= 0.3 is 0 Å². The van der Waals surface area contributed by atoms with Crippen molar-refractivity contribution in [1.29, 1.82) is 0 Å². The van der Waals surface area contributed by atoms with Crippen molar-refractivity contribution in [2.45, 2.75) is 0 Å². The van der Waals surface area contributed by atoms with Crippen LogP contribution in [0.5, 0.6) is 0 Å². The molecule has 1 saturated heterocycles. The number of benzene rings is 4. The lowest BCUT2D eigenvalue weighted by Crippen LogP contribution is -2.34. The second-order valence-corrected chi connectivity index (χ2v) is 7.98. The molecule has 5 rings (SSSR count). The molecule has 0 N–H and O–H groups in total. The summed E-state index contributed by atoms with van der Waals surface area (Å²) in [6.45, 7) is 1.32. The van der Waals surface area contributed by atoms with Crippen molar-refractivity contribution in [3.8, 4) is 0 Å². The van der Waals surface area contributed by atoms with E-state index in [1.165, 1.54) is 21.5 Å². The van der Waals surface area contributed by atoms with E-state index in [1.807, 2.05) is 24.3 Å². The lowest BCUT2D eigenvalue weighted by Gasteiger charge is -2.26. The molecule has 0 aliphatic carbocycles. The van der Waals surface area contributed by atoms with E-state index in [4.69, 9.17) is 0 Å². The molecule has 4 aromatic rings. The lowest BCUT2D eigenvalue weighted by atomic mass is 9.92. The third kappa shape index (κ3) is 3.47. The van der Waals surface area contributed by atoms with Crippen LogP contribution in [0.2, 0.25) is 0 Å². The zero-order valence-corrected chi connectivity index (χ0v) is 17.0. The molecule has 2 heteroatoms. The van der Waals surface area contributed by atoms with Gasteiger partial charge in [-0.15, -0.1) is 0 Å². The molecule has 0 radical (unpaired) electrons.